The molecular formula is C18H19N3O2S. The van der Waals surface area contributed by atoms with E-state index in [2.05, 4.69) is 22.4 Å². The van der Waals surface area contributed by atoms with E-state index < -0.39 is 0 Å². The number of carbonyl (C=O) groups excluding carboxylic acids is 1. The number of anilines is 1. The van der Waals surface area contributed by atoms with Crippen LogP contribution in [0.3, 0.4) is 0 Å². The van der Waals surface area contributed by atoms with E-state index in [4.69, 9.17) is 4.42 Å². The molecule has 3 aromatic rings. The standard InChI is InChI=1S/C18H19N3O2S/c1-3-13-7-4-6-12(2)17(13)19-15(22)9-10-16-20-21-18(23-16)14-8-5-11-24-14/h4-8,11H,3,9-10H2,1-2H3,(H,19,22). The zero-order valence-corrected chi connectivity index (χ0v) is 14.5. The van der Waals surface area contributed by atoms with Gasteiger partial charge in [0.1, 0.15) is 0 Å². The highest BCUT2D eigenvalue weighted by molar-refractivity contribution is 7.13. The van der Waals surface area contributed by atoms with Crippen LogP contribution in [-0.4, -0.2) is 16.1 Å². The molecule has 124 valence electrons. The average Bonchev–Trinajstić information content (AvgIpc) is 3.26. The molecule has 2 heterocycles. The summed E-state index contributed by atoms with van der Waals surface area (Å²) in [4.78, 5) is 13.2. The molecule has 24 heavy (non-hydrogen) atoms. The summed E-state index contributed by atoms with van der Waals surface area (Å²) in [6, 6.07) is 9.91. The van der Waals surface area contributed by atoms with Gasteiger partial charge in [0.05, 0.1) is 4.88 Å². The molecule has 0 aliphatic carbocycles. The summed E-state index contributed by atoms with van der Waals surface area (Å²) in [5.41, 5.74) is 3.12. The zero-order chi connectivity index (χ0) is 16.9. The van der Waals surface area contributed by atoms with Gasteiger partial charge >= 0.3 is 0 Å². The SMILES string of the molecule is CCc1cccc(C)c1NC(=O)CCc1nnc(-c2cccs2)o1. The maximum Gasteiger partial charge on any atom is 0.257 e. The Bertz CT molecular complexity index is 825. The van der Waals surface area contributed by atoms with Crippen molar-refractivity contribution >= 4 is 22.9 Å². The van der Waals surface area contributed by atoms with Crippen molar-refractivity contribution in [3.05, 3.63) is 52.7 Å². The molecule has 0 atom stereocenters. The Morgan fingerprint density at radius 3 is 2.88 bits per heavy atom. The van der Waals surface area contributed by atoms with Gasteiger partial charge in [0.25, 0.3) is 5.89 Å². The van der Waals surface area contributed by atoms with Gasteiger partial charge in [0.15, 0.2) is 0 Å². The van der Waals surface area contributed by atoms with E-state index in [9.17, 15) is 4.79 Å². The number of nitrogens with one attached hydrogen (secondary N) is 1. The van der Waals surface area contributed by atoms with Gasteiger partial charge in [-0.15, -0.1) is 21.5 Å². The van der Waals surface area contributed by atoms with Crippen molar-refractivity contribution in [1.29, 1.82) is 0 Å². The molecule has 0 aliphatic rings. The molecule has 1 N–H and O–H groups in total. The second-order valence-corrected chi connectivity index (χ2v) is 6.44. The Morgan fingerprint density at radius 2 is 2.12 bits per heavy atom. The van der Waals surface area contributed by atoms with Crippen LogP contribution in [0.5, 0.6) is 0 Å². The zero-order valence-electron chi connectivity index (χ0n) is 13.7. The first-order chi connectivity index (χ1) is 11.7. The molecule has 1 amide bonds. The molecular weight excluding hydrogens is 322 g/mol. The first-order valence-electron chi connectivity index (χ1n) is 7.92. The first-order valence-corrected chi connectivity index (χ1v) is 8.80. The van der Waals surface area contributed by atoms with Gasteiger partial charge in [-0.2, -0.15) is 0 Å². The number of hydrogen-bond acceptors (Lipinski definition) is 5. The summed E-state index contributed by atoms with van der Waals surface area (Å²) in [5, 5.41) is 13.0. The van der Waals surface area contributed by atoms with Crippen LogP contribution in [0.15, 0.2) is 40.1 Å². The molecule has 0 bridgehead atoms. The number of nitrogens with zero attached hydrogens (tertiary/aromatic N) is 2. The highest BCUT2D eigenvalue weighted by Crippen LogP contribution is 2.24. The lowest BCUT2D eigenvalue weighted by Gasteiger charge is -2.12. The lowest BCUT2D eigenvalue weighted by atomic mass is 10.1. The van der Waals surface area contributed by atoms with E-state index in [1.54, 1.807) is 11.3 Å². The third-order valence-corrected chi connectivity index (χ3v) is 4.63. The third-order valence-electron chi connectivity index (χ3n) is 3.77. The largest absolute Gasteiger partial charge is 0.420 e. The normalized spacial score (nSPS) is 10.8. The number of carbonyl (C=O) groups is 1. The Kier molecular flexibility index (Phi) is 5.05. The lowest BCUT2D eigenvalue weighted by Crippen LogP contribution is -2.14. The molecule has 1 aromatic carbocycles. The number of thiophene rings is 1. The van der Waals surface area contributed by atoms with Crippen LogP contribution < -0.4 is 5.32 Å². The van der Waals surface area contributed by atoms with Crippen molar-refractivity contribution < 1.29 is 9.21 Å². The van der Waals surface area contributed by atoms with Crippen LogP contribution >= 0.6 is 11.3 Å². The van der Waals surface area contributed by atoms with E-state index in [1.807, 2.05) is 42.6 Å². The first kappa shape index (κ1) is 16.4. The van der Waals surface area contributed by atoms with Gasteiger partial charge in [-0.3, -0.25) is 4.79 Å². The van der Waals surface area contributed by atoms with Crippen molar-refractivity contribution in [2.45, 2.75) is 33.1 Å². The fraction of sp³-hybridized carbons (Fsp3) is 0.278. The lowest BCUT2D eigenvalue weighted by molar-refractivity contribution is -0.116. The predicted octanol–water partition coefficient (Wildman–Crippen LogP) is 4.24. The van der Waals surface area contributed by atoms with Gasteiger partial charge in [-0.05, 0) is 35.9 Å². The molecule has 0 aliphatic heterocycles. The highest BCUT2D eigenvalue weighted by Gasteiger charge is 2.13. The Morgan fingerprint density at radius 1 is 1.25 bits per heavy atom. The molecule has 5 nitrogen and oxygen atoms in total. The Labute approximate surface area is 144 Å². The maximum absolute atomic E-state index is 12.2. The molecule has 2 aromatic heterocycles. The fourth-order valence-corrected chi connectivity index (χ4v) is 3.12. The van der Waals surface area contributed by atoms with Crippen LogP contribution in [0.2, 0.25) is 0 Å². The third kappa shape index (κ3) is 3.71. The van der Waals surface area contributed by atoms with E-state index in [-0.39, 0.29) is 5.91 Å². The molecule has 3 rings (SSSR count). The predicted molar refractivity (Wildman–Crippen MR) is 95.1 cm³/mol. The summed E-state index contributed by atoms with van der Waals surface area (Å²) in [6.07, 6.45) is 1.62. The van der Waals surface area contributed by atoms with Gasteiger partial charge in [-0.25, -0.2) is 0 Å². The molecule has 0 saturated carbocycles. The van der Waals surface area contributed by atoms with Gasteiger partial charge < -0.3 is 9.73 Å². The van der Waals surface area contributed by atoms with Crippen molar-refractivity contribution in [3.63, 3.8) is 0 Å². The highest BCUT2D eigenvalue weighted by atomic mass is 32.1. The fourth-order valence-electron chi connectivity index (χ4n) is 2.48. The number of hydrogen-bond donors (Lipinski definition) is 1. The van der Waals surface area contributed by atoms with Crippen LogP contribution in [-0.2, 0) is 17.6 Å². The van der Waals surface area contributed by atoms with Crippen LogP contribution in [0, 0.1) is 6.92 Å². The minimum absolute atomic E-state index is 0.0464. The van der Waals surface area contributed by atoms with E-state index in [0.717, 1.165) is 28.1 Å². The van der Waals surface area contributed by atoms with Crippen LogP contribution in [0.1, 0.15) is 30.4 Å². The molecule has 0 saturated heterocycles. The number of rotatable bonds is 6. The minimum atomic E-state index is -0.0464. The number of para-hydroxylation sites is 1. The van der Waals surface area contributed by atoms with Crippen molar-refractivity contribution in [2.75, 3.05) is 5.32 Å². The number of aromatic nitrogens is 2. The summed E-state index contributed by atoms with van der Waals surface area (Å²) in [7, 11) is 0. The second-order valence-electron chi connectivity index (χ2n) is 5.49. The van der Waals surface area contributed by atoms with E-state index in [0.29, 0.717) is 24.6 Å². The average molecular weight is 341 g/mol. The summed E-state index contributed by atoms with van der Waals surface area (Å²) < 4.78 is 5.61. The quantitative estimate of drug-likeness (QED) is 0.728. The van der Waals surface area contributed by atoms with Gasteiger partial charge in [0, 0.05) is 18.5 Å². The second kappa shape index (κ2) is 7.40. The summed E-state index contributed by atoms with van der Waals surface area (Å²) >= 11 is 1.55. The van der Waals surface area contributed by atoms with Crippen LogP contribution in [0.4, 0.5) is 5.69 Å². The summed E-state index contributed by atoms with van der Waals surface area (Å²) in [6.45, 7) is 4.08. The van der Waals surface area contributed by atoms with Crippen molar-refractivity contribution in [2.24, 2.45) is 0 Å². The smallest absolute Gasteiger partial charge is 0.257 e. The Balaban J connectivity index is 1.60. The van der Waals surface area contributed by atoms with Crippen molar-refractivity contribution in [3.8, 4) is 10.8 Å². The molecule has 0 fully saturated rings. The number of amides is 1. The number of benzene rings is 1. The topological polar surface area (TPSA) is 68.0 Å². The van der Waals surface area contributed by atoms with E-state index >= 15 is 0 Å². The monoisotopic (exact) mass is 341 g/mol. The van der Waals surface area contributed by atoms with Gasteiger partial charge in [-0.1, -0.05) is 31.2 Å². The van der Waals surface area contributed by atoms with Crippen molar-refractivity contribution in [1.82, 2.24) is 10.2 Å². The summed E-state index contributed by atoms with van der Waals surface area (Å²) in [5.74, 6) is 0.941. The molecule has 0 unspecified atom stereocenters. The van der Waals surface area contributed by atoms with E-state index in [1.165, 1.54) is 0 Å². The van der Waals surface area contributed by atoms with Crippen LogP contribution in [0.25, 0.3) is 10.8 Å². The van der Waals surface area contributed by atoms with Gasteiger partial charge in [0.2, 0.25) is 11.8 Å². The minimum Gasteiger partial charge on any atom is -0.420 e. The molecule has 0 radical (unpaired) electrons. The Hall–Kier alpha value is -2.47. The number of aryl methyl sites for hydroxylation is 3. The maximum atomic E-state index is 12.2. The molecule has 0 spiro atoms. The molecule has 6 heteroatoms.